The third-order valence-electron chi connectivity index (χ3n) is 5.40. The van der Waals surface area contributed by atoms with Gasteiger partial charge in [0.1, 0.15) is 5.82 Å². The van der Waals surface area contributed by atoms with Crippen LogP contribution in [-0.4, -0.2) is 39.6 Å². The lowest BCUT2D eigenvalue weighted by Crippen LogP contribution is -2.32. The summed E-state index contributed by atoms with van der Waals surface area (Å²) >= 11 is 0. The maximum absolute atomic E-state index is 12.7. The van der Waals surface area contributed by atoms with Crippen molar-refractivity contribution in [3.8, 4) is 0 Å². The summed E-state index contributed by atoms with van der Waals surface area (Å²) in [6.07, 6.45) is 6.01. The summed E-state index contributed by atoms with van der Waals surface area (Å²) in [6.45, 7) is 1.70. The first-order chi connectivity index (χ1) is 11.7. The average molecular weight is 327 g/mol. The second-order valence-corrected chi connectivity index (χ2v) is 6.94. The second kappa shape index (κ2) is 6.55. The maximum atomic E-state index is 12.7. The Bertz CT molecular complexity index is 733. The SMILES string of the molecule is Cn1c([C@@H]2CCCN2C(=O)CC[C@@H]2CCCO2)nc2ccccc21. The first-order valence-corrected chi connectivity index (χ1v) is 9.06. The van der Waals surface area contributed by atoms with E-state index in [4.69, 9.17) is 9.72 Å². The number of fused-ring (bicyclic) bond motifs is 1. The molecule has 2 aromatic rings. The maximum Gasteiger partial charge on any atom is 0.223 e. The van der Waals surface area contributed by atoms with Gasteiger partial charge in [0.2, 0.25) is 5.91 Å². The molecule has 2 saturated heterocycles. The molecule has 0 spiro atoms. The fourth-order valence-electron chi connectivity index (χ4n) is 4.10. The van der Waals surface area contributed by atoms with Gasteiger partial charge in [-0.05, 0) is 44.2 Å². The Balaban J connectivity index is 1.51. The highest BCUT2D eigenvalue weighted by Crippen LogP contribution is 2.33. The van der Waals surface area contributed by atoms with E-state index in [0.717, 1.165) is 62.1 Å². The van der Waals surface area contributed by atoms with Gasteiger partial charge in [0, 0.05) is 26.6 Å². The fraction of sp³-hybridized carbons (Fsp3) is 0.579. The molecule has 0 saturated carbocycles. The number of carbonyl (C=O) groups excluding carboxylic acids is 1. The molecule has 0 radical (unpaired) electrons. The second-order valence-electron chi connectivity index (χ2n) is 6.94. The molecule has 1 aromatic carbocycles. The molecule has 5 nitrogen and oxygen atoms in total. The number of amides is 1. The average Bonchev–Trinajstić information content (AvgIpc) is 3.33. The zero-order valence-electron chi connectivity index (χ0n) is 14.3. The van der Waals surface area contributed by atoms with Crippen LogP contribution in [0, 0.1) is 0 Å². The van der Waals surface area contributed by atoms with Crippen molar-refractivity contribution >= 4 is 16.9 Å². The number of ether oxygens (including phenoxy) is 1. The van der Waals surface area contributed by atoms with Crippen LogP contribution in [0.15, 0.2) is 24.3 Å². The molecule has 3 heterocycles. The van der Waals surface area contributed by atoms with Gasteiger partial charge < -0.3 is 14.2 Å². The standard InChI is InChI=1S/C19H25N3O2/c1-21-16-8-3-2-7-15(16)20-19(21)17-9-4-12-22(17)18(23)11-10-14-6-5-13-24-14/h2-3,7-8,14,17H,4-6,9-13H2,1H3/t14-,17-/m0/s1. The van der Waals surface area contributed by atoms with Gasteiger partial charge >= 0.3 is 0 Å². The summed E-state index contributed by atoms with van der Waals surface area (Å²) in [6, 6.07) is 8.28. The topological polar surface area (TPSA) is 47.4 Å². The van der Waals surface area contributed by atoms with E-state index in [1.54, 1.807) is 0 Å². The molecular weight excluding hydrogens is 302 g/mol. The van der Waals surface area contributed by atoms with Crippen molar-refractivity contribution in [2.75, 3.05) is 13.2 Å². The van der Waals surface area contributed by atoms with Crippen LogP contribution in [0.25, 0.3) is 11.0 Å². The molecule has 24 heavy (non-hydrogen) atoms. The van der Waals surface area contributed by atoms with Gasteiger partial charge in [-0.25, -0.2) is 4.98 Å². The van der Waals surface area contributed by atoms with E-state index in [9.17, 15) is 4.79 Å². The lowest BCUT2D eigenvalue weighted by atomic mass is 10.1. The highest BCUT2D eigenvalue weighted by molar-refractivity contribution is 5.78. The summed E-state index contributed by atoms with van der Waals surface area (Å²) < 4.78 is 7.79. The molecule has 5 heteroatoms. The molecule has 2 aliphatic heterocycles. The van der Waals surface area contributed by atoms with Crippen LogP contribution in [0.3, 0.4) is 0 Å². The van der Waals surface area contributed by atoms with E-state index in [0.29, 0.717) is 6.42 Å². The number of imidazole rings is 1. The molecule has 2 atom stereocenters. The lowest BCUT2D eigenvalue weighted by molar-refractivity contribution is -0.133. The van der Waals surface area contributed by atoms with Gasteiger partial charge in [0.05, 0.1) is 23.2 Å². The van der Waals surface area contributed by atoms with Crippen LogP contribution < -0.4 is 0 Å². The Labute approximate surface area is 142 Å². The largest absolute Gasteiger partial charge is 0.378 e. The third-order valence-corrected chi connectivity index (χ3v) is 5.40. The van der Waals surface area contributed by atoms with Crippen molar-refractivity contribution < 1.29 is 9.53 Å². The summed E-state index contributed by atoms with van der Waals surface area (Å²) in [5, 5.41) is 0. The number of rotatable bonds is 4. The summed E-state index contributed by atoms with van der Waals surface area (Å²) in [5.74, 6) is 1.26. The van der Waals surface area contributed by atoms with Gasteiger partial charge in [-0.2, -0.15) is 0 Å². The minimum absolute atomic E-state index is 0.111. The van der Waals surface area contributed by atoms with E-state index >= 15 is 0 Å². The molecule has 0 bridgehead atoms. The molecular formula is C19H25N3O2. The van der Waals surface area contributed by atoms with Gasteiger partial charge in [-0.1, -0.05) is 12.1 Å². The van der Waals surface area contributed by atoms with E-state index in [1.165, 1.54) is 0 Å². The zero-order chi connectivity index (χ0) is 16.5. The zero-order valence-corrected chi connectivity index (χ0v) is 14.3. The Morgan fingerprint density at radius 2 is 2.17 bits per heavy atom. The Hall–Kier alpha value is -1.88. The number of hydrogen-bond donors (Lipinski definition) is 0. The minimum Gasteiger partial charge on any atom is -0.378 e. The fourth-order valence-corrected chi connectivity index (χ4v) is 4.10. The summed E-state index contributed by atoms with van der Waals surface area (Å²) in [7, 11) is 2.05. The number of aryl methyl sites for hydroxylation is 1. The van der Waals surface area contributed by atoms with E-state index < -0.39 is 0 Å². The van der Waals surface area contributed by atoms with Crippen molar-refractivity contribution in [3.05, 3.63) is 30.1 Å². The summed E-state index contributed by atoms with van der Waals surface area (Å²) in [5.41, 5.74) is 2.14. The van der Waals surface area contributed by atoms with Crippen LogP contribution in [0.1, 0.15) is 50.4 Å². The Kier molecular flexibility index (Phi) is 4.27. The molecule has 1 aromatic heterocycles. The molecule has 2 aliphatic rings. The van der Waals surface area contributed by atoms with E-state index in [1.807, 2.05) is 23.1 Å². The van der Waals surface area contributed by atoms with Crippen molar-refractivity contribution in [1.29, 1.82) is 0 Å². The van der Waals surface area contributed by atoms with Crippen molar-refractivity contribution in [2.45, 2.75) is 50.7 Å². The number of para-hydroxylation sites is 2. The van der Waals surface area contributed by atoms with Gasteiger partial charge in [-0.3, -0.25) is 4.79 Å². The lowest BCUT2D eigenvalue weighted by Gasteiger charge is -2.25. The van der Waals surface area contributed by atoms with Crippen LogP contribution in [0.5, 0.6) is 0 Å². The monoisotopic (exact) mass is 327 g/mol. The Morgan fingerprint density at radius 3 is 2.96 bits per heavy atom. The van der Waals surface area contributed by atoms with E-state index in [-0.39, 0.29) is 18.1 Å². The molecule has 1 amide bonds. The van der Waals surface area contributed by atoms with E-state index in [2.05, 4.69) is 17.7 Å². The van der Waals surface area contributed by atoms with Gasteiger partial charge in [-0.15, -0.1) is 0 Å². The molecule has 4 rings (SSSR count). The highest BCUT2D eigenvalue weighted by atomic mass is 16.5. The molecule has 128 valence electrons. The van der Waals surface area contributed by atoms with Crippen molar-refractivity contribution in [3.63, 3.8) is 0 Å². The number of hydrogen-bond acceptors (Lipinski definition) is 3. The molecule has 0 aliphatic carbocycles. The van der Waals surface area contributed by atoms with Crippen LogP contribution in [0.4, 0.5) is 0 Å². The first kappa shape index (κ1) is 15.6. The van der Waals surface area contributed by atoms with Crippen LogP contribution >= 0.6 is 0 Å². The normalized spacial score (nSPS) is 24.1. The Morgan fingerprint density at radius 1 is 1.29 bits per heavy atom. The van der Waals surface area contributed by atoms with Crippen LogP contribution in [0.2, 0.25) is 0 Å². The quantitative estimate of drug-likeness (QED) is 0.866. The van der Waals surface area contributed by atoms with Crippen molar-refractivity contribution in [1.82, 2.24) is 14.5 Å². The number of benzene rings is 1. The third kappa shape index (κ3) is 2.81. The van der Waals surface area contributed by atoms with Crippen molar-refractivity contribution in [2.24, 2.45) is 7.05 Å². The van der Waals surface area contributed by atoms with Gasteiger partial charge in [0.25, 0.3) is 0 Å². The number of nitrogens with zero attached hydrogens (tertiary/aromatic N) is 3. The number of carbonyl (C=O) groups is 1. The smallest absolute Gasteiger partial charge is 0.223 e. The molecule has 0 N–H and O–H groups in total. The predicted octanol–water partition coefficient (Wildman–Crippen LogP) is 3.20. The molecule has 0 unspecified atom stereocenters. The van der Waals surface area contributed by atoms with Crippen LogP contribution in [-0.2, 0) is 16.6 Å². The van der Waals surface area contributed by atoms with Gasteiger partial charge in [0.15, 0.2) is 0 Å². The highest BCUT2D eigenvalue weighted by Gasteiger charge is 2.33. The predicted molar refractivity (Wildman–Crippen MR) is 92.6 cm³/mol. The number of likely N-dealkylation sites (tertiary alicyclic amines) is 1. The number of aromatic nitrogens is 2. The summed E-state index contributed by atoms with van der Waals surface area (Å²) in [4.78, 5) is 19.6. The first-order valence-electron chi connectivity index (χ1n) is 9.06. The molecule has 2 fully saturated rings. The minimum atomic E-state index is 0.111.